The quantitative estimate of drug-likeness (QED) is 0.668. The van der Waals surface area contributed by atoms with E-state index < -0.39 is 11.6 Å². The number of amides is 2. The van der Waals surface area contributed by atoms with Crippen molar-refractivity contribution in [2.75, 3.05) is 11.9 Å². The zero-order valence-electron chi connectivity index (χ0n) is 15.2. The molecule has 0 aromatic heterocycles. The predicted molar refractivity (Wildman–Crippen MR) is 103 cm³/mol. The summed E-state index contributed by atoms with van der Waals surface area (Å²) >= 11 is 0. The van der Waals surface area contributed by atoms with Crippen LogP contribution in [0.3, 0.4) is 0 Å². The fourth-order valence-corrected chi connectivity index (χ4v) is 4.16. The molecule has 2 aromatic carbocycles. The Morgan fingerprint density at radius 2 is 1.96 bits per heavy atom. The molecule has 0 saturated carbocycles. The molecule has 1 saturated heterocycles. The van der Waals surface area contributed by atoms with Crippen LogP contribution in [0.5, 0.6) is 5.75 Å². The van der Waals surface area contributed by atoms with Gasteiger partial charge in [-0.3, -0.25) is 9.59 Å². The van der Waals surface area contributed by atoms with Gasteiger partial charge in [-0.05, 0) is 30.7 Å². The molecule has 27 heavy (non-hydrogen) atoms. The zero-order valence-corrected chi connectivity index (χ0v) is 15.2. The maximum Gasteiger partial charge on any atom is 0.239 e. The van der Waals surface area contributed by atoms with Gasteiger partial charge in [0.15, 0.2) is 5.72 Å². The first-order valence-electron chi connectivity index (χ1n) is 9.10. The van der Waals surface area contributed by atoms with Crippen molar-refractivity contribution in [1.82, 2.24) is 4.90 Å². The van der Waals surface area contributed by atoms with Gasteiger partial charge in [0.2, 0.25) is 11.8 Å². The Kier molecular flexibility index (Phi) is 4.22. The maximum absolute atomic E-state index is 13.3. The fraction of sp³-hybridized carbons (Fsp3) is 0.273. The molecule has 5 heteroatoms. The van der Waals surface area contributed by atoms with E-state index >= 15 is 0 Å². The summed E-state index contributed by atoms with van der Waals surface area (Å²) in [5, 5.41) is 2.90. The number of hydrogen-bond acceptors (Lipinski definition) is 3. The average Bonchev–Trinajstić information content (AvgIpc) is 2.66. The van der Waals surface area contributed by atoms with Crippen LogP contribution < -0.4 is 10.1 Å². The third kappa shape index (κ3) is 2.89. The molecular formula is C22H22N2O3. The highest BCUT2D eigenvalue weighted by atomic mass is 16.5. The third-order valence-electron chi connectivity index (χ3n) is 5.39. The summed E-state index contributed by atoms with van der Waals surface area (Å²) in [6, 6.07) is 16.9. The van der Waals surface area contributed by atoms with Crippen LogP contribution in [-0.4, -0.2) is 29.0 Å². The number of piperidine rings is 1. The number of para-hydroxylation sites is 2. The van der Waals surface area contributed by atoms with Crippen molar-refractivity contribution in [1.29, 1.82) is 0 Å². The Morgan fingerprint density at radius 1 is 1.26 bits per heavy atom. The van der Waals surface area contributed by atoms with Gasteiger partial charge in [0.25, 0.3) is 0 Å². The third-order valence-corrected chi connectivity index (χ3v) is 5.39. The molecular weight excluding hydrogens is 340 g/mol. The van der Waals surface area contributed by atoms with Gasteiger partial charge in [-0.2, -0.15) is 0 Å². The van der Waals surface area contributed by atoms with Crippen LogP contribution in [-0.2, 0) is 9.59 Å². The van der Waals surface area contributed by atoms with Gasteiger partial charge in [0.1, 0.15) is 11.7 Å². The van der Waals surface area contributed by atoms with Crippen LogP contribution in [0, 0.1) is 5.92 Å². The van der Waals surface area contributed by atoms with Crippen molar-refractivity contribution in [2.24, 2.45) is 5.92 Å². The van der Waals surface area contributed by atoms with E-state index in [0.717, 1.165) is 11.3 Å². The van der Waals surface area contributed by atoms with Crippen LogP contribution in [0.1, 0.15) is 24.8 Å². The highest BCUT2D eigenvalue weighted by molar-refractivity contribution is 6.08. The molecule has 0 radical (unpaired) electrons. The lowest BCUT2D eigenvalue weighted by molar-refractivity contribution is -0.173. The van der Waals surface area contributed by atoms with Crippen LogP contribution in [0.25, 0.3) is 0 Å². The molecule has 0 aliphatic carbocycles. The zero-order chi connectivity index (χ0) is 19.0. The summed E-state index contributed by atoms with van der Waals surface area (Å²) < 4.78 is 6.20. The van der Waals surface area contributed by atoms with Crippen molar-refractivity contribution in [3.05, 3.63) is 72.8 Å². The lowest BCUT2D eigenvalue weighted by atomic mass is 9.73. The number of anilines is 1. The molecule has 4 rings (SSSR count). The Hall–Kier alpha value is -3.08. The van der Waals surface area contributed by atoms with Crippen molar-refractivity contribution in [3.63, 3.8) is 0 Å². The minimum atomic E-state index is -0.803. The number of hydrogen-bond donors (Lipinski definition) is 1. The summed E-state index contributed by atoms with van der Waals surface area (Å²) in [4.78, 5) is 28.1. The molecule has 3 atom stereocenters. The standard InChI is InChI=1S/C22H22N2O3/c1-3-13-24-21(26)19(20(25)23-15-9-5-4-6-10-15)17-14-22(24,2)27-18-12-8-7-11-16(17)18/h3-12,17,19H,1,13-14H2,2H3,(H,23,25)/t17-,19?,22+/m0/s1. The molecule has 2 heterocycles. The maximum atomic E-state index is 13.3. The molecule has 2 aliphatic heterocycles. The van der Waals surface area contributed by atoms with Crippen molar-refractivity contribution in [2.45, 2.75) is 25.0 Å². The summed E-state index contributed by atoms with van der Waals surface area (Å²) in [6.07, 6.45) is 2.23. The summed E-state index contributed by atoms with van der Waals surface area (Å²) in [5.74, 6) is -0.809. The number of likely N-dealkylation sites (tertiary alicyclic amines) is 1. The molecule has 2 amide bonds. The van der Waals surface area contributed by atoms with Gasteiger partial charge in [0.05, 0.1) is 0 Å². The topological polar surface area (TPSA) is 58.6 Å². The van der Waals surface area contributed by atoms with E-state index in [1.165, 1.54) is 0 Å². The molecule has 2 bridgehead atoms. The number of carbonyl (C=O) groups is 2. The number of nitrogens with one attached hydrogen (secondary N) is 1. The molecule has 0 spiro atoms. The van der Waals surface area contributed by atoms with E-state index in [9.17, 15) is 9.59 Å². The van der Waals surface area contributed by atoms with E-state index in [4.69, 9.17) is 4.74 Å². The number of fused-ring (bicyclic) bond motifs is 4. The van der Waals surface area contributed by atoms with Gasteiger partial charge in [-0.25, -0.2) is 0 Å². The summed E-state index contributed by atoms with van der Waals surface area (Å²) in [7, 11) is 0. The van der Waals surface area contributed by atoms with Gasteiger partial charge in [-0.1, -0.05) is 42.5 Å². The highest BCUT2D eigenvalue weighted by Gasteiger charge is 2.55. The number of nitrogens with zero attached hydrogens (tertiary/aromatic N) is 1. The van der Waals surface area contributed by atoms with E-state index in [-0.39, 0.29) is 17.7 Å². The Labute approximate surface area is 158 Å². The second kappa shape index (κ2) is 6.58. The average molecular weight is 362 g/mol. The van der Waals surface area contributed by atoms with Crippen LogP contribution in [0.2, 0.25) is 0 Å². The van der Waals surface area contributed by atoms with Crippen molar-refractivity contribution in [3.8, 4) is 5.75 Å². The second-order valence-electron chi connectivity index (χ2n) is 7.20. The van der Waals surface area contributed by atoms with Crippen molar-refractivity contribution < 1.29 is 14.3 Å². The van der Waals surface area contributed by atoms with Gasteiger partial charge in [-0.15, -0.1) is 6.58 Å². The minimum Gasteiger partial charge on any atom is -0.468 e. The molecule has 2 aliphatic rings. The summed E-state index contributed by atoms with van der Waals surface area (Å²) in [6.45, 7) is 6.00. The number of carbonyl (C=O) groups excluding carboxylic acids is 2. The SMILES string of the molecule is C=CCN1C(=O)C(C(=O)Nc2ccccc2)[C@H]2C[C@@]1(C)Oc1ccccc12. The molecule has 2 aromatic rings. The molecule has 1 fully saturated rings. The van der Waals surface area contributed by atoms with E-state index in [0.29, 0.717) is 18.7 Å². The van der Waals surface area contributed by atoms with E-state index in [1.807, 2.05) is 61.5 Å². The van der Waals surface area contributed by atoms with Gasteiger partial charge < -0.3 is 15.0 Å². The number of ether oxygens (including phenoxy) is 1. The van der Waals surface area contributed by atoms with E-state index in [2.05, 4.69) is 11.9 Å². The Morgan fingerprint density at radius 3 is 2.70 bits per heavy atom. The smallest absolute Gasteiger partial charge is 0.239 e. The fourth-order valence-electron chi connectivity index (χ4n) is 4.16. The highest BCUT2D eigenvalue weighted by Crippen LogP contribution is 2.50. The van der Waals surface area contributed by atoms with Crippen LogP contribution in [0.15, 0.2) is 67.3 Å². The second-order valence-corrected chi connectivity index (χ2v) is 7.20. The number of rotatable bonds is 4. The number of benzene rings is 2. The summed E-state index contributed by atoms with van der Waals surface area (Å²) in [5.41, 5.74) is 0.808. The minimum absolute atomic E-state index is 0.225. The van der Waals surface area contributed by atoms with Crippen molar-refractivity contribution >= 4 is 17.5 Å². The van der Waals surface area contributed by atoms with Gasteiger partial charge in [0, 0.05) is 24.6 Å². The first-order valence-corrected chi connectivity index (χ1v) is 9.10. The Balaban J connectivity index is 1.75. The van der Waals surface area contributed by atoms with Gasteiger partial charge >= 0.3 is 0 Å². The predicted octanol–water partition coefficient (Wildman–Crippen LogP) is 3.55. The first-order chi connectivity index (χ1) is 13.0. The lowest BCUT2D eigenvalue weighted by Crippen LogP contribution is -2.64. The van der Waals surface area contributed by atoms with E-state index in [1.54, 1.807) is 11.0 Å². The molecule has 5 nitrogen and oxygen atoms in total. The first kappa shape index (κ1) is 17.3. The van der Waals surface area contributed by atoms with Crippen LogP contribution in [0.4, 0.5) is 5.69 Å². The monoisotopic (exact) mass is 362 g/mol. The molecule has 138 valence electrons. The molecule has 1 N–H and O–H groups in total. The molecule has 1 unspecified atom stereocenters. The lowest BCUT2D eigenvalue weighted by Gasteiger charge is -2.52. The Bertz CT molecular complexity index is 895. The normalized spacial score (nSPS) is 26.0. The van der Waals surface area contributed by atoms with Crippen LogP contribution >= 0.6 is 0 Å². The largest absolute Gasteiger partial charge is 0.468 e.